The van der Waals surface area contributed by atoms with Gasteiger partial charge in [0.25, 0.3) is 0 Å². The summed E-state index contributed by atoms with van der Waals surface area (Å²) in [4.78, 5) is 38.1. The van der Waals surface area contributed by atoms with Crippen molar-refractivity contribution < 1.29 is 28.6 Å². The van der Waals surface area contributed by atoms with Crippen LogP contribution >= 0.6 is 0 Å². The lowest BCUT2D eigenvalue weighted by atomic mass is 10.0. The van der Waals surface area contributed by atoms with Crippen LogP contribution in [-0.4, -0.2) is 37.2 Å². The lowest BCUT2D eigenvalue weighted by Gasteiger charge is -2.18. The van der Waals surface area contributed by atoms with E-state index in [2.05, 4.69) is 124 Å². The van der Waals surface area contributed by atoms with E-state index in [0.29, 0.717) is 12.8 Å². The first-order valence-electron chi connectivity index (χ1n) is 27.9. The molecule has 6 nitrogen and oxygen atoms in total. The third kappa shape index (κ3) is 53.0. The molecule has 0 amide bonds. The minimum Gasteiger partial charge on any atom is -0.462 e. The molecule has 0 saturated heterocycles. The van der Waals surface area contributed by atoms with Crippen LogP contribution in [0.1, 0.15) is 245 Å². The highest BCUT2D eigenvalue weighted by Crippen LogP contribution is 2.15. The molecule has 0 aliphatic heterocycles. The first-order valence-corrected chi connectivity index (χ1v) is 27.9. The summed E-state index contributed by atoms with van der Waals surface area (Å²) in [6, 6.07) is 0. The van der Waals surface area contributed by atoms with Crippen LogP contribution in [0, 0.1) is 0 Å². The molecule has 0 saturated carbocycles. The summed E-state index contributed by atoms with van der Waals surface area (Å²) in [6.45, 7) is 6.41. The van der Waals surface area contributed by atoms with Crippen LogP contribution in [0.4, 0.5) is 0 Å². The van der Waals surface area contributed by atoms with Crippen LogP contribution in [0.2, 0.25) is 0 Å². The molecule has 0 spiro atoms. The van der Waals surface area contributed by atoms with Crippen molar-refractivity contribution in [3.63, 3.8) is 0 Å². The van der Waals surface area contributed by atoms with Gasteiger partial charge >= 0.3 is 17.9 Å². The fourth-order valence-corrected chi connectivity index (χ4v) is 7.36. The van der Waals surface area contributed by atoms with E-state index < -0.39 is 6.10 Å². The van der Waals surface area contributed by atoms with Gasteiger partial charge in [0.2, 0.25) is 0 Å². The molecular formula is C62H102O6. The summed E-state index contributed by atoms with van der Waals surface area (Å²) < 4.78 is 16.8. The molecule has 68 heavy (non-hydrogen) atoms. The quantitative estimate of drug-likeness (QED) is 0.0262. The normalized spacial score (nSPS) is 12.9. The Morgan fingerprint density at radius 3 is 1.01 bits per heavy atom. The number of esters is 3. The van der Waals surface area contributed by atoms with E-state index in [0.717, 1.165) is 103 Å². The predicted octanol–water partition coefficient (Wildman–Crippen LogP) is 18.7. The van der Waals surface area contributed by atoms with Crippen LogP contribution in [0.3, 0.4) is 0 Å². The largest absolute Gasteiger partial charge is 0.462 e. The van der Waals surface area contributed by atoms with Crippen LogP contribution in [-0.2, 0) is 28.6 Å². The van der Waals surface area contributed by atoms with Crippen molar-refractivity contribution in [3.05, 3.63) is 109 Å². The van der Waals surface area contributed by atoms with Gasteiger partial charge in [-0.1, -0.05) is 239 Å². The number of hydrogen-bond acceptors (Lipinski definition) is 6. The second-order valence-electron chi connectivity index (χ2n) is 18.1. The molecule has 0 aliphatic rings. The molecule has 1 atom stereocenters. The van der Waals surface area contributed by atoms with Crippen molar-refractivity contribution in [2.75, 3.05) is 13.2 Å². The lowest BCUT2D eigenvalue weighted by Crippen LogP contribution is -2.30. The van der Waals surface area contributed by atoms with Gasteiger partial charge in [-0.15, -0.1) is 0 Å². The fraction of sp³-hybridized carbons (Fsp3) is 0.661. The van der Waals surface area contributed by atoms with Gasteiger partial charge in [-0.3, -0.25) is 14.4 Å². The number of carbonyl (C=O) groups is 3. The minimum atomic E-state index is -0.821. The highest BCUT2D eigenvalue weighted by atomic mass is 16.6. The van der Waals surface area contributed by atoms with E-state index in [1.54, 1.807) is 0 Å². The molecule has 6 heteroatoms. The second-order valence-corrected chi connectivity index (χ2v) is 18.1. The molecule has 0 N–H and O–H groups in total. The molecule has 0 fully saturated rings. The third-order valence-corrected chi connectivity index (χ3v) is 11.5. The molecule has 0 unspecified atom stereocenters. The lowest BCUT2D eigenvalue weighted by molar-refractivity contribution is -0.166. The second kappa shape index (κ2) is 55.7. The third-order valence-electron chi connectivity index (χ3n) is 11.5. The Morgan fingerprint density at radius 2 is 0.603 bits per heavy atom. The van der Waals surface area contributed by atoms with Crippen LogP contribution < -0.4 is 0 Å². The summed E-state index contributed by atoms with van der Waals surface area (Å²) in [5.74, 6) is -1.02. The zero-order chi connectivity index (χ0) is 49.3. The topological polar surface area (TPSA) is 78.9 Å². The maximum absolute atomic E-state index is 12.8. The van der Waals surface area contributed by atoms with Crippen LogP contribution in [0.25, 0.3) is 0 Å². The number of carbonyl (C=O) groups excluding carboxylic acids is 3. The predicted molar refractivity (Wildman–Crippen MR) is 293 cm³/mol. The molecule has 0 aliphatic carbocycles. The molecule has 386 valence electrons. The minimum absolute atomic E-state index is 0.110. The van der Waals surface area contributed by atoms with E-state index in [1.165, 1.54) is 96.3 Å². The molecule has 0 bridgehead atoms. The van der Waals surface area contributed by atoms with Crippen molar-refractivity contribution >= 4 is 17.9 Å². The van der Waals surface area contributed by atoms with E-state index in [9.17, 15) is 14.4 Å². The van der Waals surface area contributed by atoms with Crippen molar-refractivity contribution in [3.8, 4) is 0 Å². The van der Waals surface area contributed by atoms with Crippen molar-refractivity contribution in [2.24, 2.45) is 0 Å². The zero-order valence-electron chi connectivity index (χ0n) is 44.1. The van der Waals surface area contributed by atoms with E-state index >= 15 is 0 Å². The first-order chi connectivity index (χ1) is 33.5. The Balaban J connectivity index is 4.55. The van der Waals surface area contributed by atoms with Gasteiger partial charge in [-0.2, -0.15) is 0 Å². The SMILES string of the molecule is CC/C=C\C/C=C\C/C=C\C/C=C\C/C=C\C/C=C\CCC(=O)OC[C@@H](COC(=O)CCCCCCCCCCCCCCCC)OC(=O)CCCCCC/C=C\C/C=C\C/C=C\CCCCC. The van der Waals surface area contributed by atoms with Gasteiger partial charge in [0.1, 0.15) is 13.2 Å². The summed E-state index contributed by atoms with van der Waals surface area (Å²) in [7, 11) is 0. The van der Waals surface area contributed by atoms with Crippen molar-refractivity contribution in [1.29, 1.82) is 0 Å². The molecule has 0 heterocycles. The Morgan fingerprint density at radius 1 is 0.309 bits per heavy atom. The maximum atomic E-state index is 12.8. The monoisotopic (exact) mass is 943 g/mol. The Labute approximate surface area is 419 Å². The molecule has 0 radical (unpaired) electrons. The van der Waals surface area contributed by atoms with Crippen LogP contribution in [0.15, 0.2) is 109 Å². The van der Waals surface area contributed by atoms with Crippen LogP contribution in [0.5, 0.6) is 0 Å². The van der Waals surface area contributed by atoms with Gasteiger partial charge in [0.05, 0.1) is 0 Å². The molecule has 0 aromatic carbocycles. The fourth-order valence-electron chi connectivity index (χ4n) is 7.36. The van der Waals surface area contributed by atoms with E-state index in [4.69, 9.17) is 14.2 Å². The molecule has 0 aromatic rings. The van der Waals surface area contributed by atoms with Gasteiger partial charge < -0.3 is 14.2 Å². The Bertz CT molecular complexity index is 1410. The van der Waals surface area contributed by atoms with Gasteiger partial charge in [-0.25, -0.2) is 0 Å². The Kier molecular flexibility index (Phi) is 52.4. The smallest absolute Gasteiger partial charge is 0.306 e. The van der Waals surface area contributed by atoms with Gasteiger partial charge in [0, 0.05) is 19.3 Å². The average Bonchev–Trinajstić information content (AvgIpc) is 3.34. The number of hydrogen-bond donors (Lipinski definition) is 0. The number of allylic oxidation sites excluding steroid dienone is 18. The molecule has 0 aromatic heterocycles. The highest BCUT2D eigenvalue weighted by molar-refractivity contribution is 5.71. The van der Waals surface area contributed by atoms with E-state index in [-0.39, 0.29) is 44.0 Å². The molecule has 0 rings (SSSR count). The number of unbranched alkanes of at least 4 members (excludes halogenated alkanes) is 20. The zero-order valence-corrected chi connectivity index (χ0v) is 44.1. The number of rotatable bonds is 49. The number of ether oxygens (including phenoxy) is 3. The summed E-state index contributed by atoms with van der Waals surface area (Å²) in [5, 5.41) is 0. The highest BCUT2D eigenvalue weighted by Gasteiger charge is 2.19. The van der Waals surface area contributed by atoms with Crippen molar-refractivity contribution in [1.82, 2.24) is 0 Å². The molecular weight excluding hydrogens is 841 g/mol. The summed E-state index contributed by atoms with van der Waals surface area (Å²) >= 11 is 0. The summed E-state index contributed by atoms with van der Waals surface area (Å²) in [6.07, 6.45) is 75.1. The van der Waals surface area contributed by atoms with Gasteiger partial charge in [-0.05, 0) is 96.3 Å². The summed E-state index contributed by atoms with van der Waals surface area (Å²) in [5.41, 5.74) is 0. The average molecular weight is 943 g/mol. The standard InChI is InChI=1S/C62H102O6/c1-4-7-10-13-16-19-22-25-28-30-31-33-34-37-40-43-46-49-52-55-61(64)67-58-59(57-66-60(63)54-51-48-45-42-39-36-27-24-21-18-15-12-9-6-3)68-62(65)56-53-50-47-44-41-38-35-32-29-26-23-20-17-14-11-8-5-2/h7,10,16-17,19-20,25-26,28-29,31,33,35,37-38,40,46,49,59H,4-6,8-9,11-15,18,21-24,27,30,32,34,36,39,41-45,47-48,50-58H2,1-3H3/b10-7-,19-16-,20-17-,28-25-,29-26-,33-31-,38-35-,40-37-,49-46-/t59-/m1/s1. The van der Waals surface area contributed by atoms with Crippen molar-refractivity contribution in [2.45, 2.75) is 252 Å². The Hall–Kier alpha value is -3.93. The first kappa shape index (κ1) is 64.1. The van der Waals surface area contributed by atoms with E-state index in [1.807, 2.05) is 6.08 Å². The maximum Gasteiger partial charge on any atom is 0.306 e. The van der Waals surface area contributed by atoms with Gasteiger partial charge in [0.15, 0.2) is 6.10 Å².